The molecule has 18 heavy (non-hydrogen) atoms. The quantitative estimate of drug-likeness (QED) is 0.841. The van der Waals surface area contributed by atoms with Gasteiger partial charge in [0.25, 0.3) is 0 Å². The van der Waals surface area contributed by atoms with Crippen LogP contribution in [-0.2, 0) is 6.42 Å². The molecule has 2 aliphatic rings. The Morgan fingerprint density at radius 3 is 2.67 bits per heavy atom. The van der Waals surface area contributed by atoms with E-state index in [2.05, 4.69) is 46.4 Å². The molecule has 1 aromatic carbocycles. The molecule has 1 nitrogen and oxygen atoms in total. The lowest BCUT2D eigenvalue weighted by Crippen LogP contribution is -2.34. The molecular weight excluding hydrogens is 286 g/mol. The molecule has 2 aliphatic carbocycles. The van der Waals surface area contributed by atoms with E-state index in [0.29, 0.717) is 6.04 Å². The smallest absolute Gasteiger partial charge is 0.0328 e. The molecule has 0 saturated heterocycles. The van der Waals surface area contributed by atoms with Gasteiger partial charge in [-0.15, -0.1) is 0 Å². The van der Waals surface area contributed by atoms with Gasteiger partial charge in [0, 0.05) is 16.6 Å². The summed E-state index contributed by atoms with van der Waals surface area (Å²) in [5.41, 5.74) is 3.07. The van der Waals surface area contributed by atoms with E-state index < -0.39 is 0 Å². The monoisotopic (exact) mass is 307 g/mol. The van der Waals surface area contributed by atoms with E-state index in [-0.39, 0.29) is 0 Å². The van der Waals surface area contributed by atoms with Crippen LogP contribution in [0, 0.1) is 5.92 Å². The van der Waals surface area contributed by atoms with Crippen molar-refractivity contribution >= 4 is 15.9 Å². The predicted octanol–water partition coefficient (Wildman–Crippen LogP) is 4.60. The van der Waals surface area contributed by atoms with Crippen molar-refractivity contribution in [2.24, 2.45) is 5.92 Å². The van der Waals surface area contributed by atoms with Gasteiger partial charge in [-0.25, -0.2) is 0 Å². The van der Waals surface area contributed by atoms with Gasteiger partial charge in [0.05, 0.1) is 0 Å². The van der Waals surface area contributed by atoms with Crippen LogP contribution >= 0.6 is 15.9 Å². The molecule has 0 bridgehead atoms. The minimum Gasteiger partial charge on any atom is -0.307 e. The van der Waals surface area contributed by atoms with E-state index in [1.54, 1.807) is 5.56 Å². The van der Waals surface area contributed by atoms with Gasteiger partial charge in [0.15, 0.2) is 0 Å². The molecule has 1 atom stereocenters. The molecule has 1 fully saturated rings. The predicted molar refractivity (Wildman–Crippen MR) is 79.8 cm³/mol. The highest BCUT2D eigenvalue weighted by Crippen LogP contribution is 2.35. The number of hydrogen-bond acceptors (Lipinski definition) is 1. The third-order valence-electron chi connectivity index (χ3n) is 4.64. The maximum Gasteiger partial charge on any atom is 0.0328 e. The zero-order chi connectivity index (χ0) is 12.5. The van der Waals surface area contributed by atoms with E-state index in [4.69, 9.17) is 0 Å². The van der Waals surface area contributed by atoms with Gasteiger partial charge in [-0.2, -0.15) is 0 Å². The first-order valence-corrected chi connectivity index (χ1v) is 8.06. The second kappa shape index (κ2) is 5.34. The lowest BCUT2D eigenvalue weighted by molar-refractivity contribution is 0.286. The van der Waals surface area contributed by atoms with Crippen molar-refractivity contribution < 1.29 is 0 Å². The van der Waals surface area contributed by atoms with E-state index in [1.165, 1.54) is 48.6 Å². The SMILES string of the molecule is CC1CCC(NC2CCc3ccc(Br)cc32)CC1. The lowest BCUT2D eigenvalue weighted by Gasteiger charge is -2.30. The number of nitrogens with one attached hydrogen (secondary N) is 1. The highest BCUT2D eigenvalue weighted by Gasteiger charge is 2.26. The number of benzene rings is 1. The molecule has 0 spiro atoms. The third-order valence-corrected chi connectivity index (χ3v) is 5.13. The van der Waals surface area contributed by atoms with Crippen LogP contribution in [-0.4, -0.2) is 6.04 Å². The van der Waals surface area contributed by atoms with Gasteiger partial charge in [-0.3, -0.25) is 0 Å². The van der Waals surface area contributed by atoms with Crippen molar-refractivity contribution in [3.8, 4) is 0 Å². The number of aryl methyl sites for hydroxylation is 1. The fourth-order valence-corrected chi connectivity index (χ4v) is 3.84. The summed E-state index contributed by atoms with van der Waals surface area (Å²) < 4.78 is 1.22. The zero-order valence-corrected chi connectivity index (χ0v) is 12.7. The molecule has 2 heteroatoms. The Hall–Kier alpha value is -0.340. The van der Waals surface area contributed by atoms with Crippen molar-refractivity contribution in [3.05, 3.63) is 33.8 Å². The van der Waals surface area contributed by atoms with Gasteiger partial charge < -0.3 is 5.32 Å². The Labute approximate surface area is 118 Å². The van der Waals surface area contributed by atoms with Crippen molar-refractivity contribution in [2.45, 2.75) is 57.5 Å². The van der Waals surface area contributed by atoms with Crippen LogP contribution in [0.1, 0.15) is 56.2 Å². The van der Waals surface area contributed by atoms with Crippen LogP contribution in [0.5, 0.6) is 0 Å². The van der Waals surface area contributed by atoms with Crippen molar-refractivity contribution in [2.75, 3.05) is 0 Å². The highest BCUT2D eigenvalue weighted by atomic mass is 79.9. The number of hydrogen-bond donors (Lipinski definition) is 1. The summed E-state index contributed by atoms with van der Waals surface area (Å²) in [4.78, 5) is 0. The maximum absolute atomic E-state index is 3.90. The summed E-state index contributed by atoms with van der Waals surface area (Å²) in [6, 6.07) is 8.10. The normalized spacial score (nSPS) is 31.3. The Kier molecular flexibility index (Phi) is 3.76. The van der Waals surface area contributed by atoms with E-state index >= 15 is 0 Å². The fourth-order valence-electron chi connectivity index (χ4n) is 3.46. The summed E-state index contributed by atoms with van der Waals surface area (Å²) in [7, 11) is 0. The van der Waals surface area contributed by atoms with Crippen molar-refractivity contribution in [1.29, 1.82) is 0 Å². The second-order valence-electron chi connectivity index (χ2n) is 6.06. The topological polar surface area (TPSA) is 12.0 Å². The van der Waals surface area contributed by atoms with Crippen LogP contribution in [0.15, 0.2) is 22.7 Å². The first kappa shape index (κ1) is 12.7. The Balaban J connectivity index is 1.67. The Morgan fingerprint density at radius 1 is 1.11 bits per heavy atom. The minimum absolute atomic E-state index is 0.593. The summed E-state index contributed by atoms with van der Waals surface area (Å²) in [6.07, 6.45) is 8.04. The summed E-state index contributed by atoms with van der Waals surface area (Å²) in [5, 5.41) is 3.90. The average molecular weight is 308 g/mol. The standard InChI is InChI=1S/C16H22BrN/c1-11-2-7-14(8-3-11)18-16-9-5-12-4-6-13(17)10-15(12)16/h4,6,10-11,14,16,18H,2-3,5,7-9H2,1H3. The average Bonchev–Trinajstić information content (AvgIpc) is 2.75. The molecule has 1 N–H and O–H groups in total. The number of rotatable bonds is 2. The molecule has 0 aromatic heterocycles. The first-order chi connectivity index (χ1) is 8.72. The molecule has 98 valence electrons. The molecule has 3 rings (SSSR count). The molecule has 0 heterocycles. The maximum atomic E-state index is 3.90. The zero-order valence-electron chi connectivity index (χ0n) is 11.1. The summed E-state index contributed by atoms with van der Waals surface area (Å²) >= 11 is 3.60. The molecule has 1 unspecified atom stereocenters. The van der Waals surface area contributed by atoms with Crippen LogP contribution in [0.25, 0.3) is 0 Å². The van der Waals surface area contributed by atoms with Gasteiger partial charge in [0.2, 0.25) is 0 Å². The second-order valence-corrected chi connectivity index (χ2v) is 6.97. The lowest BCUT2D eigenvalue weighted by atomic mass is 9.87. The molecule has 1 aromatic rings. The Morgan fingerprint density at radius 2 is 1.89 bits per heavy atom. The number of halogens is 1. The largest absolute Gasteiger partial charge is 0.307 e. The van der Waals surface area contributed by atoms with Crippen LogP contribution in [0.2, 0.25) is 0 Å². The van der Waals surface area contributed by atoms with Crippen LogP contribution < -0.4 is 5.32 Å². The van der Waals surface area contributed by atoms with Gasteiger partial charge in [0.1, 0.15) is 0 Å². The van der Waals surface area contributed by atoms with Crippen molar-refractivity contribution in [3.63, 3.8) is 0 Å². The first-order valence-electron chi connectivity index (χ1n) is 7.27. The third kappa shape index (κ3) is 2.65. The van der Waals surface area contributed by atoms with Gasteiger partial charge >= 0.3 is 0 Å². The van der Waals surface area contributed by atoms with Crippen molar-refractivity contribution in [1.82, 2.24) is 5.32 Å². The molecule has 0 radical (unpaired) electrons. The fraction of sp³-hybridized carbons (Fsp3) is 0.625. The highest BCUT2D eigenvalue weighted by molar-refractivity contribution is 9.10. The van der Waals surface area contributed by atoms with E-state index in [1.807, 2.05) is 0 Å². The van der Waals surface area contributed by atoms with Gasteiger partial charge in [-0.1, -0.05) is 28.9 Å². The minimum atomic E-state index is 0.593. The molecule has 0 aliphatic heterocycles. The number of fused-ring (bicyclic) bond motifs is 1. The Bertz CT molecular complexity index is 421. The van der Waals surface area contributed by atoms with Crippen LogP contribution in [0.4, 0.5) is 0 Å². The van der Waals surface area contributed by atoms with Gasteiger partial charge in [-0.05, 0) is 67.7 Å². The van der Waals surface area contributed by atoms with Crippen LogP contribution in [0.3, 0.4) is 0 Å². The molecular formula is C16H22BrN. The molecule has 1 saturated carbocycles. The summed E-state index contributed by atoms with van der Waals surface area (Å²) in [6.45, 7) is 2.39. The van der Waals surface area contributed by atoms with E-state index in [9.17, 15) is 0 Å². The van der Waals surface area contributed by atoms with E-state index in [0.717, 1.165) is 12.0 Å². The molecule has 0 amide bonds. The summed E-state index contributed by atoms with van der Waals surface area (Å²) in [5.74, 6) is 0.938.